The van der Waals surface area contributed by atoms with Crippen molar-refractivity contribution in [2.75, 3.05) is 0 Å². The topological polar surface area (TPSA) is 54.4 Å². The largest absolute Gasteiger partial charge is 0.294 e. The van der Waals surface area contributed by atoms with Crippen LogP contribution in [0.25, 0.3) is 0 Å². The van der Waals surface area contributed by atoms with Gasteiger partial charge in [-0.15, -0.1) is 0 Å². The molecule has 1 N–H and O–H groups in total. The zero-order valence-corrected chi connectivity index (χ0v) is 11.2. The summed E-state index contributed by atoms with van der Waals surface area (Å²) in [6.07, 6.45) is 0. The molecule has 0 spiro atoms. The summed E-state index contributed by atoms with van der Waals surface area (Å²) in [5.74, 6) is 0. The first-order valence-corrected chi connectivity index (χ1v) is 6.64. The van der Waals surface area contributed by atoms with Crippen LogP contribution in [-0.4, -0.2) is 13.0 Å². The summed E-state index contributed by atoms with van der Waals surface area (Å²) in [5, 5.41) is 0. The average Bonchev–Trinajstić information content (AvgIpc) is 1.99. The number of rotatable bonds is 1. The zero-order chi connectivity index (χ0) is 11.9. The van der Waals surface area contributed by atoms with Gasteiger partial charge >= 0.3 is 0 Å². The maximum Gasteiger partial charge on any atom is 0.294 e. The summed E-state index contributed by atoms with van der Waals surface area (Å²) in [6, 6.07) is 4.75. The van der Waals surface area contributed by atoms with Gasteiger partial charge < -0.3 is 0 Å². The Labute approximate surface area is 98.4 Å². The lowest BCUT2D eigenvalue weighted by atomic mass is 9.87. The van der Waals surface area contributed by atoms with E-state index >= 15 is 0 Å². The predicted octanol–water partition coefficient (Wildman–Crippen LogP) is 2.99. The van der Waals surface area contributed by atoms with E-state index in [0.29, 0.717) is 10.0 Å². The highest BCUT2D eigenvalue weighted by atomic mass is 79.9. The SMILES string of the molecule is CC(C)(C)c1c(Br)cccc1S(=O)(=O)O. The van der Waals surface area contributed by atoms with Gasteiger partial charge in [-0.1, -0.05) is 42.8 Å². The normalized spacial score (nSPS) is 12.9. The molecular weight excluding hydrogens is 280 g/mol. The Morgan fingerprint density at radius 2 is 1.80 bits per heavy atom. The number of hydrogen-bond acceptors (Lipinski definition) is 2. The highest BCUT2D eigenvalue weighted by Crippen LogP contribution is 2.34. The molecule has 84 valence electrons. The Morgan fingerprint density at radius 1 is 1.27 bits per heavy atom. The average molecular weight is 293 g/mol. The van der Waals surface area contributed by atoms with E-state index in [9.17, 15) is 8.42 Å². The third-order valence-electron chi connectivity index (χ3n) is 2.00. The van der Waals surface area contributed by atoms with Crippen LogP contribution >= 0.6 is 15.9 Å². The van der Waals surface area contributed by atoms with Crippen molar-refractivity contribution in [2.24, 2.45) is 0 Å². The Bertz CT molecular complexity index is 472. The molecule has 0 aliphatic carbocycles. The maximum atomic E-state index is 11.2. The highest BCUT2D eigenvalue weighted by Gasteiger charge is 2.26. The van der Waals surface area contributed by atoms with Crippen LogP contribution in [0.3, 0.4) is 0 Å². The van der Waals surface area contributed by atoms with Gasteiger partial charge in [-0.2, -0.15) is 8.42 Å². The molecular formula is C10H13BrO3S. The molecule has 0 aliphatic rings. The van der Waals surface area contributed by atoms with Crippen molar-refractivity contribution in [2.45, 2.75) is 31.1 Å². The first-order valence-electron chi connectivity index (χ1n) is 4.40. The molecule has 1 aromatic rings. The molecule has 0 aliphatic heterocycles. The standard InChI is InChI=1S/C10H13BrO3S/c1-10(2,3)9-7(11)5-4-6-8(9)15(12,13)14/h4-6H,1-3H3,(H,12,13,14). The molecule has 0 heterocycles. The number of benzene rings is 1. The maximum absolute atomic E-state index is 11.2. The van der Waals surface area contributed by atoms with Gasteiger partial charge in [-0.3, -0.25) is 4.55 Å². The van der Waals surface area contributed by atoms with E-state index in [4.69, 9.17) is 4.55 Å². The quantitative estimate of drug-likeness (QED) is 0.810. The van der Waals surface area contributed by atoms with Gasteiger partial charge in [0.25, 0.3) is 10.1 Å². The Hall–Kier alpha value is -0.390. The first kappa shape index (κ1) is 12.7. The lowest BCUT2D eigenvalue weighted by molar-refractivity contribution is 0.476. The van der Waals surface area contributed by atoms with Crippen molar-refractivity contribution in [1.82, 2.24) is 0 Å². The van der Waals surface area contributed by atoms with Gasteiger partial charge in [0.15, 0.2) is 0 Å². The molecule has 1 aromatic carbocycles. The summed E-state index contributed by atoms with van der Waals surface area (Å²) in [5.41, 5.74) is 0.234. The summed E-state index contributed by atoms with van der Waals surface area (Å²) < 4.78 is 32.2. The molecule has 0 saturated heterocycles. The van der Waals surface area contributed by atoms with Crippen LogP contribution in [0.4, 0.5) is 0 Å². The van der Waals surface area contributed by atoms with Crippen LogP contribution in [0.1, 0.15) is 26.3 Å². The van der Waals surface area contributed by atoms with E-state index in [1.165, 1.54) is 6.07 Å². The summed E-state index contributed by atoms with van der Waals surface area (Å²) in [4.78, 5) is -0.0376. The van der Waals surface area contributed by atoms with Crippen molar-refractivity contribution in [3.8, 4) is 0 Å². The van der Waals surface area contributed by atoms with E-state index < -0.39 is 10.1 Å². The fourth-order valence-corrected chi connectivity index (χ4v) is 3.46. The van der Waals surface area contributed by atoms with Gasteiger partial charge in [0, 0.05) is 4.47 Å². The molecule has 0 amide bonds. The van der Waals surface area contributed by atoms with Gasteiger partial charge in [-0.05, 0) is 23.1 Å². The first-order chi connectivity index (χ1) is 6.64. The monoisotopic (exact) mass is 292 g/mol. The third-order valence-corrected chi connectivity index (χ3v) is 3.56. The lowest BCUT2D eigenvalue weighted by Gasteiger charge is -2.23. The molecule has 0 bridgehead atoms. The van der Waals surface area contributed by atoms with Crippen LogP contribution in [0.5, 0.6) is 0 Å². The zero-order valence-electron chi connectivity index (χ0n) is 8.78. The number of halogens is 1. The molecule has 1 rings (SSSR count). The summed E-state index contributed by atoms with van der Waals surface area (Å²) in [6.45, 7) is 5.67. The van der Waals surface area contributed by atoms with Crippen LogP contribution in [0.15, 0.2) is 27.6 Å². The second-order valence-electron chi connectivity index (χ2n) is 4.34. The fraction of sp³-hybridized carbons (Fsp3) is 0.400. The third kappa shape index (κ3) is 2.80. The molecule has 0 saturated carbocycles. The molecule has 0 fully saturated rings. The second-order valence-corrected chi connectivity index (χ2v) is 6.58. The van der Waals surface area contributed by atoms with Crippen LogP contribution in [0, 0.1) is 0 Å². The predicted molar refractivity (Wildman–Crippen MR) is 62.7 cm³/mol. The van der Waals surface area contributed by atoms with Crippen LogP contribution in [0.2, 0.25) is 0 Å². The van der Waals surface area contributed by atoms with Crippen molar-refractivity contribution >= 4 is 26.0 Å². The fourth-order valence-electron chi connectivity index (χ4n) is 1.45. The molecule has 0 aromatic heterocycles. The second kappa shape index (κ2) is 3.88. The number of hydrogen-bond donors (Lipinski definition) is 1. The van der Waals surface area contributed by atoms with E-state index in [0.717, 1.165) is 0 Å². The van der Waals surface area contributed by atoms with E-state index in [1.54, 1.807) is 12.1 Å². The summed E-state index contributed by atoms with van der Waals surface area (Å²) in [7, 11) is -4.17. The molecule has 15 heavy (non-hydrogen) atoms. The van der Waals surface area contributed by atoms with E-state index in [2.05, 4.69) is 15.9 Å². The minimum absolute atomic E-state index is 0.0376. The lowest BCUT2D eigenvalue weighted by Crippen LogP contribution is -2.17. The van der Waals surface area contributed by atoms with Gasteiger partial charge in [-0.25, -0.2) is 0 Å². The molecule has 0 unspecified atom stereocenters. The van der Waals surface area contributed by atoms with Gasteiger partial charge in [0.2, 0.25) is 0 Å². The Morgan fingerprint density at radius 3 is 2.13 bits per heavy atom. The van der Waals surface area contributed by atoms with Crippen LogP contribution < -0.4 is 0 Å². The summed E-state index contributed by atoms with van der Waals surface area (Å²) >= 11 is 3.30. The molecule has 5 heteroatoms. The van der Waals surface area contributed by atoms with Gasteiger partial charge in [0.1, 0.15) is 0 Å². The van der Waals surface area contributed by atoms with Crippen molar-refractivity contribution < 1.29 is 13.0 Å². The smallest absolute Gasteiger partial charge is 0.282 e. The molecule has 0 atom stereocenters. The van der Waals surface area contributed by atoms with Gasteiger partial charge in [0.05, 0.1) is 4.90 Å². The highest BCUT2D eigenvalue weighted by molar-refractivity contribution is 9.10. The minimum Gasteiger partial charge on any atom is -0.282 e. The van der Waals surface area contributed by atoms with Crippen LogP contribution in [-0.2, 0) is 15.5 Å². The van der Waals surface area contributed by atoms with Crippen molar-refractivity contribution in [3.05, 3.63) is 28.2 Å². The Balaban J connectivity index is 3.63. The molecule has 0 radical (unpaired) electrons. The van der Waals surface area contributed by atoms with Crippen molar-refractivity contribution in [3.63, 3.8) is 0 Å². The van der Waals surface area contributed by atoms with E-state index in [1.807, 2.05) is 20.8 Å². The Kier molecular flexibility index (Phi) is 3.28. The molecule has 3 nitrogen and oxygen atoms in total. The van der Waals surface area contributed by atoms with E-state index in [-0.39, 0.29) is 10.3 Å². The van der Waals surface area contributed by atoms with Crippen molar-refractivity contribution in [1.29, 1.82) is 0 Å². The minimum atomic E-state index is -4.17.